The van der Waals surface area contributed by atoms with Crippen molar-refractivity contribution in [1.29, 1.82) is 0 Å². The van der Waals surface area contributed by atoms with Crippen molar-refractivity contribution in [3.63, 3.8) is 0 Å². The largest absolute Gasteiger partial charge is 0.468 e. The molecule has 0 amide bonds. The first-order valence-electron chi connectivity index (χ1n) is 6.57. The van der Waals surface area contributed by atoms with Crippen molar-refractivity contribution in [2.24, 2.45) is 0 Å². The van der Waals surface area contributed by atoms with Crippen LogP contribution in [0.15, 0.2) is 53.1 Å². The van der Waals surface area contributed by atoms with Crippen LogP contribution in [0.3, 0.4) is 0 Å². The summed E-state index contributed by atoms with van der Waals surface area (Å²) in [5.74, 6) is 1.54. The monoisotopic (exact) mass is 267 g/mol. The number of rotatable bonds is 4. The molecular weight excluding hydrogens is 250 g/mol. The molecular formula is C16H17N3O. The molecule has 1 aromatic carbocycles. The number of anilines is 1. The molecule has 0 saturated heterocycles. The molecule has 0 aliphatic rings. The van der Waals surface area contributed by atoms with Crippen molar-refractivity contribution in [1.82, 2.24) is 9.88 Å². The van der Waals surface area contributed by atoms with Crippen molar-refractivity contribution >= 4 is 16.7 Å². The van der Waals surface area contributed by atoms with E-state index in [0.29, 0.717) is 5.82 Å². The molecule has 0 radical (unpaired) electrons. The Labute approximate surface area is 117 Å². The van der Waals surface area contributed by atoms with E-state index >= 15 is 0 Å². The lowest BCUT2D eigenvalue weighted by Crippen LogP contribution is -2.18. The van der Waals surface area contributed by atoms with E-state index in [1.165, 1.54) is 0 Å². The molecule has 3 aromatic rings. The van der Waals surface area contributed by atoms with Gasteiger partial charge in [0.1, 0.15) is 11.6 Å². The second-order valence-electron chi connectivity index (χ2n) is 4.98. The Morgan fingerprint density at radius 1 is 1.15 bits per heavy atom. The van der Waals surface area contributed by atoms with E-state index in [4.69, 9.17) is 10.2 Å². The number of pyridine rings is 1. The standard InChI is InChI=1S/C16H17N3O/c1-19(11-14-6-4-8-20-14)10-13-9-12-5-2-3-7-15(12)18-16(13)17/h2-9H,10-11H2,1H3,(H2,17,18). The molecule has 0 saturated carbocycles. The Morgan fingerprint density at radius 3 is 2.80 bits per heavy atom. The van der Waals surface area contributed by atoms with E-state index in [2.05, 4.69) is 22.0 Å². The van der Waals surface area contributed by atoms with Gasteiger partial charge in [0.05, 0.1) is 18.3 Å². The van der Waals surface area contributed by atoms with Crippen molar-refractivity contribution in [2.75, 3.05) is 12.8 Å². The lowest BCUT2D eigenvalue weighted by molar-refractivity contribution is 0.288. The van der Waals surface area contributed by atoms with E-state index in [1.54, 1.807) is 6.26 Å². The summed E-state index contributed by atoms with van der Waals surface area (Å²) in [6, 6.07) is 14.0. The normalized spacial score (nSPS) is 11.3. The van der Waals surface area contributed by atoms with Crippen molar-refractivity contribution in [3.8, 4) is 0 Å². The smallest absolute Gasteiger partial charge is 0.128 e. The molecule has 0 spiro atoms. The fourth-order valence-corrected chi connectivity index (χ4v) is 2.32. The highest BCUT2D eigenvalue weighted by molar-refractivity contribution is 5.81. The molecule has 3 rings (SSSR count). The zero-order valence-corrected chi connectivity index (χ0v) is 11.4. The quantitative estimate of drug-likeness (QED) is 0.789. The Hall–Kier alpha value is -2.33. The van der Waals surface area contributed by atoms with Crippen LogP contribution < -0.4 is 5.73 Å². The number of benzene rings is 1. The van der Waals surface area contributed by atoms with Crippen LogP contribution in [0.4, 0.5) is 5.82 Å². The predicted octanol–water partition coefficient (Wildman–Crippen LogP) is 3.04. The van der Waals surface area contributed by atoms with Crippen molar-refractivity contribution in [3.05, 3.63) is 60.1 Å². The number of nitrogen functional groups attached to an aromatic ring is 1. The Kier molecular flexibility index (Phi) is 3.39. The van der Waals surface area contributed by atoms with Gasteiger partial charge in [-0.05, 0) is 31.3 Å². The van der Waals surface area contributed by atoms with Crippen LogP contribution in [0, 0.1) is 0 Å². The van der Waals surface area contributed by atoms with Crippen LogP contribution in [-0.4, -0.2) is 16.9 Å². The third kappa shape index (κ3) is 2.65. The molecule has 20 heavy (non-hydrogen) atoms. The van der Waals surface area contributed by atoms with Gasteiger partial charge in [-0.3, -0.25) is 4.90 Å². The molecule has 2 aromatic heterocycles. The maximum absolute atomic E-state index is 6.05. The molecule has 0 aliphatic carbocycles. The summed E-state index contributed by atoms with van der Waals surface area (Å²) in [5.41, 5.74) is 8.02. The minimum absolute atomic E-state index is 0.593. The number of aromatic nitrogens is 1. The lowest BCUT2D eigenvalue weighted by Gasteiger charge is -2.16. The van der Waals surface area contributed by atoms with Gasteiger partial charge in [0.15, 0.2) is 0 Å². The molecule has 4 heteroatoms. The van der Waals surface area contributed by atoms with Gasteiger partial charge in [-0.1, -0.05) is 18.2 Å². The summed E-state index contributed by atoms with van der Waals surface area (Å²) >= 11 is 0. The van der Waals surface area contributed by atoms with Gasteiger partial charge in [-0.15, -0.1) is 0 Å². The summed E-state index contributed by atoms with van der Waals surface area (Å²) in [7, 11) is 2.04. The number of hydrogen-bond acceptors (Lipinski definition) is 4. The van der Waals surface area contributed by atoms with E-state index in [1.807, 2.05) is 37.4 Å². The third-order valence-corrected chi connectivity index (χ3v) is 3.28. The van der Waals surface area contributed by atoms with Gasteiger partial charge in [-0.25, -0.2) is 4.98 Å². The summed E-state index contributed by atoms with van der Waals surface area (Å²) in [5, 5.41) is 1.11. The third-order valence-electron chi connectivity index (χ3n) is 3.28. The molecule has 2 N–H and O–H groups in total. The summed E-state index contributed by atoms with van der Waals surface area (Å²) < 4.78 is 5.35. The molecule has 0 atom stereocenters. The van der Waals surface area contributed by atoms with Crippen LogP contribution in [0.2, 0.25) is 0 Å². The molecule has 0 aliphatic heterocycles. The number of nitrogens with zero attached hydrogens (tertiary/aromatic N) is 2. The van der Waals surface area contributed by atoms with Gasteiger partial charge in [0.2, 0.25) is 0 Å². The van der Waals surface area contributed by atoms with E-state index in [9.17, 15) is 0 Å². The highest BCUT2D eigenvalue weighted by atomic mass is 16.3. The van der Waals surface area contributed by atoms with Crippen LogP contribution >= 0.6 is 0 Å². The summed E-state index contributed by atoms with van der Waals surface area (Å²) in [6.07, 6.45) is 1.69. The maximum atomic E-state index is 6.05. The fraction of sp³-hybridized carbons (Fsp3) is 0.188. The summed E-state index contributed by atoms with van der Waals surface area (Å²) in [4.78, 5) is 6.61. The van der Waals surface area contributed by atoms with Crippen LogP contribution in [0.1, 0.15) is 11.3 Å². The maximum Gasteiger partial charge on any atom is 0.128 e. The Bertz CT molecular complexity index is 707. The van der Waals surface area contributed by atoms with Crippen LogP contribution in [0.5, 0.6) is 0 Å². The molecule has 4 nitrogen and oxygen atoms in total. The zero-order chi connectivity index (χ0) is 13.9. The number of hydrogen-bond donors (Lipinski definition) is 1. The van der Waals surface area contributed by atoms with Crippen LogP contribution in [-0.2, 0) is 13.1 Å². The Balaban J connectivity index is 1.81. The van der Waals surface area contributed by atoms with Crippen molar-refractivity contribution in [2.45, 2.75) is 13.1 Å². The number of furan rings is 1. The average molecular weight is 267 g/mol. The minimum Gasteiger partial charge on any atom is -0.468 e. The second-order valence-corrected chi connectivity index (χ2v) is 4.98. The van der Waals surface area contributed by atoms with Gasteiger partial charge < -0.3 is 10.2 Å². The van der Waals surface area contributed by atoms with E-state index in [0.717, 1.165) is 35.3 Å². The summed E-state index contributed by atoms with van der Waals surface area (Å²) in [6.45, 7) is 1.49. The van der Waals surface area contributed by atoms with E-state index in [-0.39, 0.29) is 0 Å². The SMILES string of the molecule is CN(Cc1ccco1)Cc1cc2ccccc2nc1N. The first-order valence-corrected chi connectivity index (χ1v) is 6.57. The fourth-order valence-electron chi connectivity index (χ4n) is 2.32. The predicted molar refractivity (Wildman–Crippen MR) is 80.0 cm³/mol. The number of nitrogens with two attached hydrogens (primary N) is 1. The zero-order valence-electron chi connectivity index (χ0n) is 11.4. The molecule has 0 bridgehead atoms. The lowest BCUT2D eigenvalue weighted by atomic mass is 10.1. The van der Waals surface area contributed by atoms with Gasteiger partial charge in [0.25, 0.3) is 0 Å². The second kappa shape index (κ2) is 5.35. The number of fused-ring (bicyclic) bond motifs is 1. The minimum atomic E-state index is 0.593. The first-order chi connectivity index (χ1) is 9.72. The van der Waals surface area contributed by atoms with Gasteiger partial charge >= 0.3 is 0 Å². The molecule has 102 valence electrons. The molecule has 0 fully saturated rings. The Morgan fingerprint density at radius 2 is 2.00 bits per heavy atom. The first kappa shape index (κ1) is 12.7. The van der Waals surface area contributed by atoms with Crippen molar-refractivity contribution < 1.29 is 4.42 Å². The highest BCUT2D eigenvalue weighted by Crippen LogP contribution is 2.20. The molecule has 0 unspecified atom stereocenters. The van der Waals surface area contributed by atoms with Crippen LogP contribution in [0.25, 0.3) is 10.9 Å². The highest BCUT2D eigenvalue weighted by Gasteiger charge is 2.08. The van der Waals surface area contributed by atoms with E-state index < -0.39 is 0 Å². The number of para-hydroxylation sites is 1. The van der Waals surface area contributed by atoms with Gasteiger partial charge in [0, 0.05) is 17.5 Å². The average Bonchev–Trinajstić information content (AvgIpc) is 2.92. The van der Waals surface area contributed by atoms with Gasteiger partial charge in [-0.2, -0.15) is 0 Å². The topological polar surface area (TPSA) is 55.3 Å². The molecule has 2 heterocycles.